The minimum Gasteiger partial charge on any atom is -0.495 e. The number of hydrogen-bond donors (Lipinski definition) is 3. The molecule has 1 unspecified atom stereocenters. The van der Waals surface area contributed by atoms with Crippen LogP contribution in [-0.2, 0) is 11.3 Å². The number of carbonyl (C=O) groups is 1. The van der Waals surface area contributed by atoms with Crippen molar-refractivity contribution in [1.29, 1.82) is 0 Å². The number of halogens is 1. The smallest absolute Gasteiger partial charge is 0.250 e. The number of nitrogen functional groups attached to an aromatic ring is 1. The predicted octanol–water partition coefficient (Wildman–Crippen LogP) is 4.64. The second kappa shape index (κ2) is 12.0. The molecule has 4 N–H and O–H groups in total. The lowest BCUT2D eigenvalue weighted by Crippen LogP contribution is -2.32. The Balaban J connectivity index is 1.92. The third-order valence-electron chi connectivity index (χ3n) is 5.24. The molecule has 0 saturated heterocycles. The molecular weight excluding hydrogens is 450 g/mol. The van der Waals surface area contributed by atoms with Gasteiger partial charge in [-0.25, -0.2) is 0 Å². The zero-order chi connectivity index (χ0) is 24.5. The van der Waals surface area contributed by atoms with Crippen LogP contribution in [0.1, 0.15) is 11.1 Å². The maximum atomic E-state index is 12.7. The highest BCUT2D eigenvalue weighted by Gasteiger charge is 2.17. The third-order valence-corrected chi connectivity index (χ3v) is 5.53. The van der Waals surface area contributed by atoms with Crippen LogP contribution in [0.4, 0.5) is 11.4 Å². The molecule has 1 atom stereocenters. The summed E-state index contributed by atoms with van der Waals surface area (Å²) in [5, 5.41) is 14.5. The van der Waals surface area contributed by atoms with Crippen molar-refractivity contribution in [2.75, 3.05) is 24.3 Å². The standard InChI is InChI=1S/C27H28ClN3O3/c1-3-26(32)31(22-12-13-25(34-2)24(28)17-22)15-14-23(20-10-7-11-21(29)16-20)27(33)30-18-19-8-5-4-6-9-19/h3-14,16-17,27,30,33H,1,15,18,29H2,2H3. The first-order chi connectivity index (χ1) is 16.4. The fraction of sp³-hybridized carbons (Fsp3) is 0.148. The van der Waals surface area contributed by atoms with Gasteiger partial charge in [0.2, 0.25) is 0 Å². The number of amides is 1. The first kappa shape index (κ1) is 25.1. The normalized spacial score (nSPS) is 12.1. The van der Waals surface area contributed by atoms with Crippen LogP contribution in [0.5, 0.6) is 5.75 Å². The van der Waals surface area contributed by atoms with Crippen molar-refractivity contribution in [3.05, 3.63) is 108 Å². The SMILES string of the molecule is C=CC(=O)N(CC=C(c1cccc(N)c1)C(O)NCc1ccccc1)c1ccc(OC)c(Cl)c1. The molecule has 0 aliphatic heterocycles. The molecule has 7 heteroatoms. The zero-order valence-corrected chi connectivity index (χ0v) is 19.7. The average Bonchev–Trinajstić information content (AvgIpc) is 2.85. The van der Waals surface area contributed by atoms with E-state index in [0.717, 1.165) is 11.1 Å². The number of hydrogen-bond acceptors (Lipinski definition) is 5. The molecule has 0 radical (unpaired) electrons. The fourth-order valence-electron chi connectivity index (χ4n) is 3.47. The highest BCUT2D eigenvalue weighted by Crippen LogP contribution is 2.30. The van der Waals surface area contributed by atoms with E-state index in [1.807, 2.05) is 42.5 Å². The van der Waals surface area contributed by atoms with E-state index in [9.17, 15) is 9.90 Å². The lowest BCUT2D eigenvalue weighted by Gasteiger charge is -2.23. The third kappa shape index (κ3) is 6.48. The van der Waals surface area contributed by atoms with E-state index in [1.54, 1.807) is 36.4 Å². The van der Waals surface area contributed by atoms with Gasteiger partial charge in [0.15, 0.2) is 0 Å². The monoisotopic (exact) mass is 477 g/mol. The number of carbonyl (C=O) groups excluding carboxylic acids is 1. The minimum absolute atomic E-state index is 0.168. The first-order valence-electron chi connectivity index (χ1n) is 10.7. The quantitative estimate of drug-likeness (QED) is 0.225. The molecule has 3 aromatic rings. The Morgan fingerprint density at radius 2 is 1.94 bits per heavy atom. The van der Waals surface area contributed by atoms with E-state index in [0.29, 0.717) is 34.3 Å². The number of nitrogens with one attached hydrogen (secondary N) is 1. The Bertz CT molecular complexity index is 1160. The van der Waals surface area contributed by atoms with Gasteiger partial charge in [-0.3, -0.25) is 10.1 Å². The second-order valence-corrected chi connectivity index (χ2v) is 7.93. The summed E-state index contributed by atoms with van der Waals surface area (Å²) in [4.78, 5) is 14.2. The van der Waals surface area contributed by atoms with Crippen molar-refractivity contribution in [3.63, 3.8) is 0 Å². The molecular formula is C27H28ClN3O3. The van der Waals surface area contributed by atoms with Crippen molar-refractivity contribution in [2.45, 2.75) is 12.8 Å². The van der Waals surface area contributed by atoms with Gasteiger partial charge in [0.05, 0.1) is 12.1 Å². The number of aliphatic hydroxyl groups excluding tert-OH is 1. The van der Waals surface area contributed by atoms with Gasteiger partial charge in [0.25, 0.3) is 5.91 Å². The van der Waals surface area contributed by atoms with Crippen molar-refractivity contribution in [2.24, 2.45) is 0 Å². The molecule has 3 rings (SSSR count). The van der Waals surface area contributed by atoms with Gasteiger partial charge in [0.1, 0.15) is 12.0 Å². The molecule has 34 heavy (non-hydrogen) atoms. The number of methoxy groups -OCH3 is 1. The summed E-state index contributed by atoms with van der Waals surface area (Å²) >= 11 is 6.28. The van der Waals surface area contributed by atoms with Crippen LogP contribution in [0.15, 0.2) is 91.5 Å². The van der Waals surface area contributed by atoms with Crippen LogP contribution in [0.3, 0.4) is 0 Å². The van der Waals surface area contributed by atoms with Gasteiger partial charge in [-0.2, -0.15) is 0 Å². The molecule has 0 aliphatic rings. The van der Waals surface area contributed by atoms with Crippen molar-refractivity contribution < 1.29 is 14.6 Å². The Morgan fingerprint density at radius 3 is 2.59 bits per heavy atom. The Kier molecular flexibility index (Phi) is 8.87. The summed E-state index contributed by atoms with van der Waals surface area (Å²) in [5.41, 5.74) is 9.49. The second-order valence-electron chi connectivity index (χ2n) is 7.53. The summed E-state index contributed by atoms with van der Waals surface area (Å²) < 4.78 is 5.21. The summed E-state index contributed by atoms with van der Waals surface area (Å²) in [7, 11) is 1.53. The van der Waals surface area contributed by atoms with Gasteiger partial charge < -0.3 is 20.5 Å². The molecule has 0 fully saturated rings. The maximum Gasteiger partial charge on any atom is 0.250 e. The summed E-state index contributed by atoms with van der Waals surface area (Å²) in [6.45, 7) is 4.24. The Hall–Kier alpha value is -3.58. The number of nitrogens with zero attached hydrogens (tertiary/aromatic N) is 1. The van der Waals surface area contributed by atoms with E-state index in [2.05, 4.69) is 11.9 Å². The van der Waals surface area contributed by atoms with E-state index in [4.69, 9.17) is 22.1 Å². The highest BCUT2D eigenvalue weighted by atomic mass is 35.5. The van der Waals surface area contributed by atoms with Crippen molar-refractivity contribution >= 4 is 34.5 Å². The van der Waals surface area contributed by atoms with Gasteiger partial charge in [-0.15, -0.1) is 0 Å². The van der Waals surface area contributed by atoms with Crippen molar-refractivity contribution in [3.8, 4) is 5.75 Å². The number of benzene rings is 3. The Morgan fingerprint density at radius 1 is 1.18 bits per heavy atom. The highest BCUT2D eigenvalue weighted by molar-refractivity contribution is 6.32. The molecule has 0 aromatic heterocycles. The lowest BCUT2D eigenvalue weighted by atomic mass is 10.0. The number of aliphatic hydroxyl groups is 1. The van der Waals surface area contributed by atoms with Crippen LogP contribution >= 0.6 is 11.6 Å². The first-order valence-corrected chi connectivity index (χ1v) is 11.1. The minimum atomic E-state index is -0.998. The zero-order valence-electron chi connectivity index (χ0n) is 18.9. The van der Waals surface area contributed by atoms with Gasteiger partial charge in [-0.05, 0) is 47.5 Å². The van der Waals surface area contributed by atoms with Crippen LogP contribution in [0, 0.1) is 0 Å². The lowest BCUT2D eigenvalue weighted by molar-refractivity contribution is -0.114. The van der Waals surface area contributed by atoms with Gasteiger partial charge >= 0.3 is 0 Å². The molecule has 3 aromatic carbocycles. The summed E-state index contributed by atoms with van der Waals surface area (Å²) in [6.07, 6.45) is 2.02. The largest absolute Gasteiger partial charge is 0.495 e. The van der Waals surface area contributed by atoms with E-state index in [1.165, 1.54) is 18.1 Å². The molecule has 0 saturated carbocycles. The van der Waals surface area contributed by atoms with E-state index < -0.39 is 6.23 Å². The molecule has 1 amide bonds. The maximum absolute atomic E-state index is 12.7. The van der Waals surface area contributed by atoms with E-state index >= 15 is 0 Å². The number of anilines is 2. The topological polar surface area (TPSA) is 87.8 Å². The van der Waals surface area contributed by atoms with E-state index in [-0.39, 0.29) is 12.5 Å². The summed E-state index contributed by atoms with van der Waals surface area (Å²) in [5.74, 6) is 0.198. The molecule has 0 heterocycles. The predicted molar refractivity (Wildman–Crippen MR) is 139 cm³/mol. The summed E-state index contributed by atoms with van der Waals surface area (Å²) in [6, 6.07) is 22.1. The van der Waals surface area contributed by atoms with Crippen LogP contribution in [0.25, 0.3) is 5.57 Å². The fourth-order valence-corrected chi connectivity index (χ4v) is 3.72. The van der Waals surface area contributed by atoms with Crippen LogP contribution < -0.4 is 20.7 Å². The van der Waals surface area contributed by atoms with Gasteiger partial charge in [0, 0.05) is 30.0 Å². The molecule has 6 nitrogen and oxygen atoms in total. The van der Waals surface area contributed by atoms with Crippen molar-refractivity contribution in [1.82, 2.24) is 5.32 Å². The van der Waals surface area contributed by atoms with Gasteiger partial charge in [-0.1, -0.05) is 66.7 Å². The number of ether oxygens (including phenoxy) is 1. The molecule has 0 bridgehead atoms. The van der Waals surface area contributed by atoms with Crippen LogP contribution in [0.2, 0.25) is 5.02 Å². The van der Waals surface area contributed by atoms with Crippen LogP contribution in [-0.4, -0.2) is 30.9 Å². The molecule has 176 valence electrons. The molecule has 0 aliphatic carbocycles. The number of rotatable bonds is 10. The average molecular weight is 478 g/mol. The Labute approximate surface area is 204 Å². The number of nitrogens with two attached hydrogens (primary N) is 1. The molecule has 0 spiro atoms.